The number of halogens is 1. The van der Waals surface area contributed by atoms with Gasteiger partial charge in [0.05, 0.1) is 20.2 Å². The van der Waals surface area contributed by atoms with E-state index in [2.05, 4.69) is 10.6 Å². The minimum Gasteiger partial charge on any atom is -0.494 e. The van der Waals surface area contributed by atoms with Crippen molar-refractivity contribution in [2.24, 2.45) is 0 Å². The summed E-state index contributed by atoms with van der Waals surface area (Å²) in [6.07, 6.45) is 0. The lowest BCUT2D eigenvalue weighted by Gasteiger charge is -2.20. The molecule has 0 spiro atoms. The Morgan fingerprint density at radius 3 is 2.38 bits per heavy atom. The van der Waals surface area contributed by atoms with Gasteiger partial charge in [0, 0.05) is 12.2 Å². The third kappa shape index (κ3) is 6.57. The molecule has 29 heavy (non-hydrogen) atoms. The lowest BCUT2D eigenvalue weighted by Crippen LogP contribution is -2.40. The average molecular weight is 401 g/mol. The molecule has 2 N–H and O–H groups in total. The van der Waals surface area contributed by atoms with Crippen LogP contribution in [0.1, 0.15) is 23.6 Å². The Labute approximate surface area is 171 Å². The highest BCUT2D eigenvalue weighted by Gasteiger charge is 2.13. The van der Waals surface area contributed by atoms with E-state index in [0.717, 1.165) is 22.4 Å². The molecule has 0 unspecified atom stereocenters. The molecule has 0 atom stereocenters. The zero-order valence-electron chi connectivity index (χ0n) is 17.3. The number of hydrogen-bond acceptors (Lipinski definition) is 4. The van der Waals surface area contributed by atoms with E-state index >= 15 is 0 Å². The third-order valence-electron chi connectivity index (χ3n) is 4.63. The number of carbonyl (C=O) groups excluding carboxylic acids is 2. The van der Waals surface area contributed by atoms with Gasteiger partial charge in [0.1, 0.15) is 0 Å². The summed E-state index contributed by atoms with van der Waals surface area (Å²) >= 11 is 0. The summed E-state index contributed by atoms with van der Waals surface area (Å²) in [4.78, 5) is 26.3. The molecule has 156 valence electrons. The van der Waals surface area contributed by atoms with Gasteiger partial charge in [0.25, 0.3) is 0 Å². The van der Waals surface area contributed by atoms with Crippen molar-refractivity contribution < 1.29 is 18.7 Å². The quantitative estimate of drug-likeness (QED) is 0.678. The standard InChI is InChI=1S/C22H28FN3O3/c1-5-26(13-17-9-10-19(29-4)18(23)11-17)14-21(28)24-12-20(27)25-22-15(2)7-6-8-16(22)3/h6-11H,5,12-14H2,1-4H3,(H,24,28)(H,25,27). The number of para-hydroxylation sites is 1. The molecule has 0 aliphatic heterocycles. The molecule has 0 heterocycles. The first-order valence-corrected chi connectivity index (χ1v) is 9.51. The van der Waals surface area contributed by atoms with Crippen molar-refractivity contribution in [2.45, 2.75) is 27.3 Å². The van der Waals surface area contributed by atoms with Crippen LogP contribution in [0.2, 0.25) is 0 Å². The van der Waals surface area contributed by atoms with E-state index in [4.69, 9.17) is 4.74 Å². The van der Waals surface area contributed by atoms with Crippen molar-refractivity contribution in [3.63, 3.8) is 0 Å². The molecule has 0 radical (unpaired) electrons. The summed E-state index contributed by atoms with van der Waals surface area (Å²) in [5, 5.41) is 5.47. The average Bonchev–Trinajstić information content (AvgIpc) is 2.69. The van der Waals surface area contributed by atoms with Gasteiger partial charge in [-0.3, -0.25) is 14.5 Å². The van der Waals surface area contributed by atoms with Gasteiger partial charge in [0.2, 0.25) is 11.8 Å². The number of hydrogen-bond donors (Lipinski definition) is 2. The molecule has 7 heteroatoms. The van der Waals surface area contributed by atoms with Crippen LogP contribution in [0.25, 0.3) is 0 Å². The molecule has 0 fully saturated rings. The van der Waals surface area contributed by atoms with E-state index < -0.39 is 5.82 Å². The van der Waals surface area contributed by atoms with Crippen molar-refractivity contribution in [1.82, 2.24) is 10.2 Å². The van der Waals surface area contributed by atoms with Crippen LogP contribution in [0.5, 0.6) is 5.75 Å². The normalized spacial score (nSPS) is 10.7. The number of rotatable bonds is 9. The molecule has 0 saturated heterocycles. The zero-order valence-corrected chi connectivity index (χ0v) is 17.3. The monoisotopic (exact) mass is 401 g/mol. The topological polar surface area (TPSA) is 70.7 Å². The minimum absolute atomic E-state index is 0.110. The second-order valence-corrected chi connectivity index (χ2v) is 6.86. The molecule has 2 rings (SSSR count). The second kappa shape index (κ2) is 10.6. The van der Waals surface area contributed by atoms with Gasteiger partial charge >= 0.3 is 0 Å². The van der Waals surface area contributed by atoms with Crippen LogP contribution in [0.3, 0.4) is 0 Å². The van der Waals surface area contributed by atoms with Crippen molar-refractivity contribution in [1.29, 1.82) is 0 Å². The predicted molar refractivity (Wildman–Crippen MR) is 111 cm³/mol. The summed E-state index contributed by atoms with van der Waals surface area (Å²) < 4.78 is 18.8. The predicted octanol–water partition coefficient (Wildman–Crippen LogP) is 3.03. The molecule has 0 aliphatic rings. The van der Waals surface area contributed by atoms with Crippen molar-refractivity contribution in [2.75, 3.05) is 32.1 Å². The summed E-state index contributed by atoms with van der Waals surface area (Å²) in [5.74, 6) is -0.799. The molecule has 0 saturated carbocycles. The number of nitrogens with zero attached hydrogens (tertiary/aromatic N) is 1. The Morgan fingerprint density at radius 1 is 1.10 bits per heavy atom. The van der Waals surface area contributed by atoms with E-state index in [1.165, 1.54) is 13.2 Å². The maximum Gasteiger partial charge on any atom is 0.243 e. The lowest BCUT2D eigenvalue weighted by atomic mass is 10.1. The highest BCUT2D eigenvalue weighted by atomic mass is 19.1. The molecule has 0 aliphatic carbocycles. The number of aryl methyl sites for hydroxylation is 2. The maximum atomic E-state index is 13.8. The van der Waals surface area contributed by atoms with Gasteiger partial charge in [-0.25, -0.2) is 4.39 Å². The van der Waals surface area contributed by atoms with E-state index in [0.29, 0.717) is 13.1 Å². The van der Waals surface area contributed by atoms with Crippen molar-refractivity contribution in [3.05, 3.63) is 58.9 Å². The largest absolute Gasteiger partial charge is 0.494 e. The summed E-state index contributed by atoms with van der Waals surface area (Å²) in [5.41, 5.74) is 3.44. The number of benzene rings is 2. The summed E-state index contributed by atoms with van der Waals surface area (Å²) in [7, 11) is 1.41. The van der Waals surface area contributed by atoms with Crippen LogP contribution in [0, 0.1) is 19.7 Å². The third-order valence-corrected chi connectivity index (χ3v) is 4.63. The fraction of sp³-hybridized carbons (Fsp3) is 0.364. The minimum atomic E-state index is -0.436. The van der Waals surface area contributed by atoms with E-state index in [9.17, 15) is 14.0 Å². The number of nitrogens with one attached hydrogen (secondary N) is 2. The highest BCUT2D eigenvalue weighted by Crippen LogP contribution is 2.19. The van der Waals surface area contributed by atoms with Gasteiger partial charge in [-0.15, -0.1) is 0 Å². The fourth-order valence-electron chi connectivity index (χ4n) is 2.98. The Bertz CT molecular complexity index is 850. The number of amides is 2. The lowest BCUT2D eigenvalue weighted by molar-refractivity contribution is -0.125. The Kier molecular flexibility index (Phi) is 8.15. The highest BCUT2D eigenvalue weighted by molar-refractivity contribution is 5.95. The van der Waals surface area contributed by atoms with Crippen molar-refractivity contribution >= 4 is 17.5 Å². The SMILES string of the molecule is CCN(CC(=O)NCC(=O)Nc1c(C)cccc1C)Cc1ccc(OC)c(F)c1. The maximum absolute atomic E-state index is 13.8. The van der Waals surface area contributed by atoms with Gasteiger partial charge in [0.15, 0.2) is 11.6 Å². The van der Waals surface area contributed by atoms with Crippen LogP contribution in [0.15, 0.2) is 36.4 Å². The first kappa shape index (κ1) is 22.4. The Morgan fingerprint density at radius 2 is 1.79 bits per heavy atom. The molecule has 2 amide bonds. The number of ether oxygens (including phenoxy) is 1. The fourth-order valence-corrected chi connectivity index (χ4v) is 2.98. The first-order valence-electron chi connectivity index (χ1n) is 9.51. The van der Waals surface area contributed by atoms with Crippen LogP contribution in [0.4, 0.5) is 10.1 Å². The molecular formula is C22H28FN3O3. The Balaban J connectivity index is 1.85. The molecule has 2 aromatic rings. The number of likely N-dealkylation sites (N-methyl/N-ethyl adjacent to an activating group) is 1. The number of anilines is 1. The van der Waals surface area contributed by atoms with Gasteiger partial charge in [-0.1, -0.05) is 31.2 Å². The second-order valence-electron chi connectivity index (χ2n) is 6.86. The van der Waals surface area contributed by atoms with E-state index in [1.54, 1.807) is 12.1 Å². The summed E-state index contributed by atoms with van der Waals surface area (Å²) in [6, 6.07) is 10.5. The van der Waals surface area contributed by atoms with Gasteiger partial charge in [-0.2, -0.15) is 0 Å². The Hall–Kier alpha value is -2.93. The smallest absolute Gasteiger partial charge is 0.243 e. The molecular weight excluding hydrogens is 373 g/mol. The van der Waals surface area contributed by atoms with Crippen LogP contribution < -0.4 is 15.4 Å². The van der Waals surface area contributed by atoms with Crippen LogP contribution in [-0.4, -0.2) is 43.5 Å². The molecule has 0 bridgehead atoms. The van der Waals surface area contributed by atoms with E-state index in [1.807, 2.05) is 43.9 Å². The molecule has 2 aromatic carbocycles. The van der Waals surface area contributed by atoms with E-state index in [-0.39, 0.29) is 30.7 Å². The molecule has 0 aromatic heterocycles. The first-order chi connectivity index (χ1) is 13.8. The van der Waals surface area contributed by atoms with Gasteiger partial charge < -0.3 is 15.4 Å². The van der Waals surface area contributed by atoms with Gasteiger partial charge in [-0.05, 0) is 49.2 Å². The number of methoxy groups -OCH3 is 1. The van der Waals surface area contributed by atoms with Crippen LogP contribution >= 0.6 is 0 Å². The summed E-state index contributed by atoms with van der Waals surface area (Å²) in [6.45, 7) is 6.78. The zero-order chi connectivity index (χ0) is 21.4. The number of carbonyl (C=O) groups is 2. The van der Waals surface area contributed by atoms with Crippen LogP contribution in [-0.2, 0) is 16.1 Å². The molecule has 6 nitrogen and oxygen atoms in total. The van der Waals surface area contributed by atoms with Crippen molar-refractivity contribution in [3.8, 4) is 5.75 Å².